The van der Waals surface area contributed by atoms with E-state index in [0.29, 0.717) is 11.3 Å². The molecule has 0 aromatic heterocycles. The summed E-state index contributed by atoms with van der Waals surface area (Å²) >= 11 is 0. The van der Waals surface area contributed by atoms with Crippen LogP contribution in [0.15, 0.2) is 24.3 Å². The predicted molar refractivity (Wildman–Crippen MR) is 50.0 cm³/mol. The molecule has 2 N–H and O–H groups in total. The van der Waals surface area contributed by atoms with Gasteiger partial charge in [-0.2, -0.15) is 0 Å². The van der Waals surface area contributed by atoms with Crippen LogP contribution < -0.4 is 5.32 Å². The molecule has 1 atom stereocenters. The number of para-hydroxylation sites is 1. The van der Waals surface area contributed by atoms with Gasteiger partial charge < -0.3 is 10.4 Å². The Morgan fingerprint density at radius 1 is 1.29 bits per heavy atom. The Hall–Kier alpha value is -1.68. The number of hydrogen-bond acceptors (Lipinski definition) is 3. The standard InChI is InChI=1S/C10H9NO3/c1-10(14)8(12)6-4-2-3-5-7(6)11-9(10)13/h2-5,14H,1H3,(H,11,13). The largest absolute Gasteiger partial charge is 0.373 e. The van der Waals surface area contributed by atoms with Crippen molar-refractivity contribution in [2.24, 2.45) is 0 Å². The van der Waals surface area contributed by atoms with Crippen molar-refractivity contribution in [3.8, 4) is 0 Å². The smallest absolute Gasteiger partial charge is 0.264 e. The van der Waals surface area contributed by atoms with Crippen LogP contribution in [-0.4, -0.2) is 22.4 Å². The van der Waals surface area contributed by atoms with Crippen LogP contribution in [0.3, 0.4) is 0 Å². The Kier molecular flexibility index (Phi) is 1.69. The first-order chi connectivity index (χ1) is 6.53. The van der Waals surface area contributed by atoms with E-state index in [-0.39, 0.29) is 0 Å². The van der Waals surface area contributed by atoms with Gasteiger partial charge in [-0.15, -0.1) is 0 Å². The quantitative estimate of drug-likeness (QED) is 0.589. The summed E-state index contributed by atoms with van der Waals surface area (Å²) in [6, 6.07) is 6.60. The van der Waals surface area contributed by atoms with Gasteiger partial charge in [-0.25, -0.2) is 0 Å². The molecule has 1 heterocycles. The van der Waals surface area contributed by atoms with E-state index in [1.54, 1.807) is 24.3 Å². The molecule has 1 unspecified atom stereocenters. The number of anilines is 1. The molecule has 0 saturated heterocycles. The molecular weight excluding hydrogens is 182 g/mol. The molecule has 1 aliphatic heterocycles. The summed E-state index contributed by atoms with van der Waals surface area (Å²) in [6.45, 7) is 1.20. The normalized spacial score (nSPS) is 25.6. The zero-order chi connectivity index (χ0) is 10.3. The van der Waals surface area contributed by atoms with Crippen molar-refractivity contribution in [1.82, 2.24) is 0 Å². The number of carbonyl (C=O) groups excluding carboxylic acids is 2. The van der Waals surface area contributed by atoms with Gasteiger partial charge in [0, 0.05) is 5.56 Å². The van der Waals surface area contributed by atoms with Gasteiger partial charge in [0.05, 0.1) is 5.69 Å². The molecule has 4 nitrogen and oxygen atoms in total. The lowest BCUT2D eigenvalue weighted by atomic mass is 9.89. The van der Waals surface area contributed by atoms with Crippen molar-refractivity contribution in [1.29, 1.82) is 0 Å². The maximum Gasteiger partial charge on any atom is 0.264 e. The minimum absolute atomic E-state index is 0.345. The lowest BCUT2D eigenvalue weighted by molar-refractivity contribution is -0.128. The third kappa shape index (κ3) is 1.04. The summed E-state index contributed by atoms with van der Waals surface area (Å²) in [5.74, 6) is -1.24. The van der Waals surface area contributed by atoms with Gasteiger partial charge in [0.25, 0.3) is 5.91 Å². The van der Waals surface area contributed by atoms with E-state index in [2.05, 4.69) is 5.32 Å². The summed E-state index contributed by atoms with van der Waals surface area (Å²) in [4.78, 5) is 22.9. The molecule has 0 radical (unpaired) electrons. The van der Waals surface area contributed by atoms with Crippen molar-refractivity contribution < 1.29 is 14.7 Å². The number of Topliss-reactive ketones (excluding diaryl/α,β-unsaturated/α-hetero) is 1. The topological polar surface area (TPSA) is 66.4 Å². The molecule has 14 heavy (non-hydrogen) atoms. The first-order valence-electron chi connectivity index (χ1n) is 4.21. The molecular formula is C10H9NO3. The van der Waals surface area contributed by atoms with Gasteiger partial charge >= 0.3 is 0 Å². The first kappa shape index (κ1) is 8.90. The van der Waals surface area contributed by atoms with Gasteiger partial charge in [0.2, 0.25) is 11.4 Å². The van der Waals surface area contributed by atoms with E-state index < -0.39 is 17.3 Å². The molecule has 1 aliphatic rings. The van der Waals surface area contributed by atoms with Gasteiger partial charge in [-0.3, -0.25) is 9.59 Å². The molecule has 72 valence electrons. The maximum absolute atomic E-state index is 11.6. The number of benzene rings is 1. The van der Waals surface area contributed by atoms with E-state index in [9.17, 15) is 14.7 Å². The highest BCUT2D eigenvalue weighted by Gasteiger charge is 2.43. The number of aliphatic hydroxyl groups is 1. The lowest BCUT2D eigenvalue weighted by Gasteiger charge is -2.27. The van der Waals surface area contributed by atoms with Crippen LogP contribution in [0.5, 0.6) is 0 Å². The molecule has 1 amide bonds. The first-order valence-corrected chi connectivity index (χ1v) is 4.21. The highest BCUT2D eigenvalue weighted by molar-refractivity contribution is 6.25. The third-order valence-corrected chi connectivity index (χ3v) is 2.30. The highest BCUT2D eigenvalue weighted by Crippen LogP contribution is 2.27. The van der Waals surface area contributed by atoms with E-state index in [1.807, 2.05) is 0 Å². The van der Waals surface area contributed by atoms with E-state index in [4.69, 9.17) is 0 Å². The Bertz CT molecular complexity index is 423. The van der Waals surface area contributed by atoms with Gasteiger partial charge in [0.1, 0.15) is 0 Å². The number of hydrogen-bond donors (Lipinski definition) is 2. The summed E-state index contributed by atoms with van der Waals surface area (Å²) in [6.07, 6.45) is 0. The van der Waals surface area contributed by atoms with Crippen LogP contribution in [-0.2, 0) is 4.79 Å². The Morgan fingerprint density at radius 3 is 2.64 bits per heavy atom. The van der Waals surface area contributed by atoms with Crippen molar-refractivity contribution in [3.05, 3.63) is 29.8 Å². The Labute approximate surface area is 80.6 Å². The average Bonchev–Trinajstić information content (AvgIpc) is 2.15. The van der Waals surface area contributed by atoms with Crippen molar-refractivity contribution in [3.63, 3.8) is 0 Å². The molecule has 0 aliphatic carbocycles. The number of carbonyl (C=O) groups is 2. The van der Waals surface area contributed by atoms with Crippen LogP contribution in [0.25, 0.3) is 0 Å². The number of ketones is 1. The second kappa shape index (κ2) is 2.65. The van der Waals surface area contributed by atoms with Crippen LogP contribution >= 0.6 is 0 Å². The van der Waals surface area contributed by atoms with Gasteiger partial charge in [-0.1, -0.05) is 12.1 Å². The van der Waals surface area contributed by atoms with E-state index in [0.717, 1.165) is 0 Å². The molecule has 1 aromatic carbocycles. The van der Waals surface area contributed by atoms with E-state index >= 15 is 0 Å². The van der Waals surface area contributed by atoms with Crippen molar-refractivity contribution >= 4 is 17.4 Å². The fourth-order valence-electron chi connectivity index (χ4n) is 1.40. The van der Waals surface area contributed by atoms with Crippen LogP contribution in [0.2, 0.25) is 0 Å². The van der Waals surface area contributed by atoms with Gasteiger partial charge in [0.15, 0.2) is 0 Å². The zero-order valence-electron chi connectivity index (χ0n) is 7.57. The average molecular weight is 191 g/mol. The van der Waals surface area contributed by atoms with Crippen molar-refractivity contribution in [2.75, 3.05) is 5.32 Å². The van der Waals surface area contributed by atoms with Crippen molar-refractivity contribution in [2.45, 2.75) is 12.5 Å². The van der Waals surface area contributed by atoms with Crippen LogP contribution in [0.1, 0.15) is 17.3 Å². The summed E-state index contributed by atoms with van der Waals surface area (Å²) in [7, 11) is 0. The fourth-order valence-corrected chi connectivity index (χ4v) is 1.40. The highest BCUT2D eigenvalue weighted by atomic mass is 16.3. The number of nitrogens with one attached hydrogen (secondary N) is 1. The third-order valence-electron chi connectivity index (χ3n) is 2.30. The van der Waals surface area contributed by atoms with Crippen LogP contribution in [0.4, 0.5) is 5.69 Å². The minimum Gasteiger partial charge on any atom is -0.373 e. The zero-order valence-corrected chi connectivity index (χ0v) is 7.57. The molecule has 0 saturated carbocycles. The fraction of sp³-hybridized carbons (Fsp3) is 0.200. The summed E-state index contributed by atoms with van der Waals surface area (Å²) in [5, 5.41) is 12.1. The number of fused-ring (bicyclic) bond motifs is 1. The summed E-state index contributed by atoms with van der Waals surface area (Å²) in [5.41, 5.74) is -1.15. The van der Waals surface area contributed by atoms with Gasteiger partial charge in [-0.05, 0) is 19.1 Å². The SMILES string of the molecule is CC1(O)C(=O)Nc2ccccc2C1=O. The van der Waals surface area contributed by atoms with Crippen LogP contribution in [0, 0.1) is 0 Å². The Morgan fingerprint density at radius 2 is 1.93 bits per heavy atom. The minimum atomic E-state index is -1.95. The number of amides is 1. The predicted octanol–water partition coefficient (Wildman–Crippen LogP) is 0.572. The molecule has 1 aromatic rings. The molecule has 0 bridgehead atoms. The molecule has 0 spiro atoms. The molecule has 4 heteroatoms. The monoisotopic (exact) mass is 191 g/mol. The maximum atomic E-state index is 11.6. The summed E-state index contributed by atoms with van der Waals surface area (Å²) < 4.78 is 0. The number of rotatable bonds is 0. The second-order valence-electron chi connectivity index (χ2n) is 3.40. The molecule has 2 rings (SSSR count). The van der Waals surface area contributed by atoms with E-state index in [1.165, 1.54) is 6.92 Å². The molecule has 0 fully saturated rings. The lowest BCUT2D eigenvalue weighted by Crippen LogP contribution is -2.50. The Balaban J connectivity index is 2.61. The second-order valence-corrected chi connectivity index (χ2v) is 3.40.